The first-order chi connectivity index (χ1) is 9.22. The largest absolute Gasteiger partial charge is 0.544 e. The van der Waals surface area contributed by atoms with Crippen molar-refractivity contribution in [3.05, 3.63) is 31.3 Å². The number of carboxylic acids is 1. The number of hydrogen-bond acceptors (Lipinski definition) is 6. The normalized spacial score (nSPS) is 36.0. The molecule has 0 aromatic carbocycles. The van der Waals surface area contributed by atoms with Gasteiger partial charge in [0, 0.05) is 16.3 Å². The van der Waals surface area contributed by atoms with Crippen molar-refractivity contribution in [1.29, 1.82) is 0 Å². The van der Waals surface area contributed by atoms with Crippen LogP contribution in [-0.2, 0) is 4.79 Å². The van der Waals surface area contributed by atoms with Gasteiger partial charge < -0.3 is 14.8 Å². The molecule has 110 valence electrons. The van der Waals surface area contributed by atoms with E-state index >= 15 is 0 Å². The fourth-order valence-corrected chi connectivity index (χ4v) is 3.42. The van der Waals surface area contributed by atoms with Crippen molar-refractivity contribution in [1.82, 2.24) is 0 Å². The van der Waals surface area contributed by atoms with Crippen molar-refractivity contribution in [3.8, 4) is 0 Å². The van der Waals surface area contributed by atoms with E-state index in [0.717, 1.165) is 0 Å². The standard InChI is InChI=1S/C10H12ClN3O6/c11-7-1-2-9(13(17)18)4-10(7,14(19)20)6-12(5-9)3-8(15)16/h1H,2-6H2,(H,15,16)/t9-,10+/m1/s1. The Balaban J connectivity index is 2.47. The molecule has 0 amide bonds. The molecule has 1 saturated heterocycles. The second-order valence-corrected chi connectivity index (χ2v) is 5.76. The lowest BCUT2D eigenvalue weighted by molar-refractivity contribution is -0.938. The molecule has 0 saturated carbocycles. The molecular formula is C10H12ClN3O6. The summed E-state index contributed by atoms with van der Waals surface area (Å²) >= 11 is 5.92. The summed E-state index contributed by atoms with van der Waals surface area (Å²) in [7, 11) is 0. The zero-order chi connectivity index (χ0) is 15.1. The van der Waals surface area contributed by atoms with Gasteiger partial charge in [-0.2, -0.15) is 0 Å². The lowest BCUT2D eigenvalue weighted by Crippen LogP contribution is -3.19. The first-order valence-electron chi connectivity index (χ1n) is 5.90. The second kappa shape index (κ2) is 4.67. The summed E-state index contributed by atoms with van der Waals surface area (Å²) in [6.07, 6.45) is 0.962. The molecule has 1 heterocycles. The van der Waals surface area contributed by atoms with Crippen LogP contribution in [0.25, 0.3) is 0 Å². The Morgan fingerprint density at radius 3 is 2.50 bits per heavy atom. The number of nitrogens with zero attached hydrogens (tertiary/aromatic N) is 2. The zero-order valence-electron chi connectivity index (χ0n) is 10.3. The van der Waals surface area contributed by atoms with Crippen LogP contribution in [0, 0.1) is 20.2 Å². The molecule has 20 heavy (non-hydrogen) atoms. The van der Waals surface area contributed by atoms with Crippen LogP contribution in [0.1, 0.15) is 12.8 Å². The molecule has 0 aromatic rings. The Kier molecular flexibility index (Phi) is 3.42. The smallest absolute Gasteiger partial charge is 0.311 e. The molecule has 3 atom stereocenters. The summed E-state index contributed by atoms with van der Waals surface area (Å²) in [6, 6.07) is 0. The highest BCUT2D eigenvalue weighted by atomic mass is 35.5. The lowest BCUT2D eigenvalue weighted by atomic mass is 9.72. The number of piperidine rings is 1. The van der Waals surface area contributed by atoms with Gasteiger partial charge in [0.05, 0.1) is 11.0 Å². The van der Waals surface area contributed by atoms with E-state index in [1.165, 1.54) is 6.08 Å². The van der Waals surface area contributed by atoms with Gasteiger partial charge in [-0.15, -0.1) is 0 Å². The molecular weight excluding hydrogens is 294 g/mol. The van der Waals surface area contributed by atoms with Gasteiger partial charge in [-0.3, -0.25) is 20.2 Å². The topological polar surface area (TPSA) is 131 Å². The van der Waals surface area contributed by atoms with Crippen molar-refractivity contribution < 1.29 is 24.6 Å². The number of likely N-dealkylation sites (tertiary alicyclic amines) is 1. The van der Waals surface area contributed by atoms with Gasteiger partial charge in [0.25, 0.3) is 5.54 Å². The predicted molar refractivity (Wildman–Crippen MR) is 63.2 cm³/mol. The molecule has 1 fully saturated rings. The molecule has 9 nitrogen and oxygen atoms in total. The number of aliphatic carboxylic acids is 1. The number of rotatable bonds is 4. The average Bonchev–Trinajstić information content (AvgIpc) is 2.33. The SMILES string of the molecule is O=C([O-])C[NH+]1C[C@@]2([N+](=O)[O-])CC=C(Cl)[C@@]([N+](=O)[O-])(C1)C2. The van der Waals surface area contributed by atoms with Gasteiger partial charge in [0.2, 0.25) is 0 Å². The number of halogens is 1. The molecule has 1 N–H and O–H groups in total. The summed E-state index contributed by atoms with van der Waals surface area (Å²) < 4.78 is 0. The van der Waals surface area contributed by atoms with E-state index in [1.54, 1.807) is 0 Å². The maximum atomic E-state index is 11.4. The molecule has 2 bridgehead atoms. The number of carbonyl (C=O) groups is 1. The summed E-state index contributed by atoms with van der Waals surface area (Å²) in [4.78, 5) is 32.4. The van der Waals surface area contributed by atoms with Crippen molar-refractivity contribution in [2.24, 2.45) is 0 Å². The number of carboxylic acid groups (broad SMARTS) is 1. The van der Waals surface area contributed by atoms with Crippen LogP contribution in [0.5, 0.6) is 0 Å². The number of nitrogens with one attached hydrogen (secondary N) is 1. The Labute approximate surface area is 118 Å². The number of quaternary nitrogens is 1. The van der Waals surface area contributed by atoms with E-state index in [9.17, 15) is 30.1 Å². The monoisotopic (exact) mass is 305 g/mol. The Hall–Kier alpha value is -1.74. The highest BCUT2D eigenvalue weighted by molar-refractivity contribution is 6.30. The minimum Gasteiger partial charge on any atom is -0.544 e. The lowest BCUT2D eigenvalue weighted by Gasteiger charge is -2.42. The van der Waals surface area contributed by atoms with Crippen LogP contribution in [0.3, 0.4) is 0 Å². The Morgan fingerprint density at radius 2 is 2.00 bits per heavy atom. The third-order valence-corrected chi connectivity index (χ3v) is 4.49. The molecule has 1 aliphatic heterocycles. The number of carbonyl (C=O) groups excluding carboxylic acids is 1. The van der Waals surface area contributed by atoms with Crippen molar-refractivity contribution in [2.75, 3.05) is 19.6 Å². The van der Waals surface area contributed by atoms with Crippen molar-refractivity contribution >= 4 is 17.6 Å². The zero-order valence-corrected chi connectivity index (χ0v) is 11.1. The van der Waals surface area contributed by atoms with Crippen molar-refractivity contribution in [2.45, 2.75) is 23.9 Å². The van der Waals surface area contributed by atoms with Gasteiger partial charge in [0.1, 0.15) is 19.5 Å². The van der Waals surface area contributed by atoms with E-state index < -0.39 is 33.4 Å². The van der Waals surface area contributed by atoms with Crippen LogP contribution >= 0.6 is 11.6 Å². The van der Waals surface area contributed by atoms with Crippen LogP contribution in [0.2, 0.25) is 0 Å². The van der Waals surface area contributed by atoms with E-state index in [2.05, 4.69) is 0 Å². The van der Waals surface area contributed by atoms with E-state index in [4.69, 9.17) is 11.6 Å². The fraction of sp³-hybridized carbons (Fsp3) is 0.700. The average molecular weight is 306 g/mol. The van der Waals surface area contributed by atoms with Crippen LogP contribution in [-0.4, -0.2) is 46.5 Å². The van der Waals surface area contributed by atoms with Gasteiger partial charge in [-0.05, 0) is 0 Å². The maximum absolute atomic E-state index is 11.4. The van der Waals surface area contributed by atoms with Crippen LogP contribution in [0.4, 0.5) is 0 Å². The van der Waals surface area contributed by atoms with Gasteiger partial charge >= 0.3 is 5.54 Å². The van der Waals surface area contributed by atoms with Gasteiger partial charge in [0.15, 0.2) is 6.54 Å². The highest BCUT2D eigenvalue weighted by Gasteiger charge is 2.68. The van der Waals surface area contributed by atoms with Crippen molar-refractivity contribution in [3.63, 3.8) is 0 Å². The van der Waals surface area contributed by atoms with Crippen LogP contribution in [0.15, 0.2) is 11.1 Å². The Bertz CT molecular complexity index is 523. The predicted octanol–water partition coefficient (Wildman–Crippen LogP) is -2.42. The van der Waals surface area contributed by atoms with Gasteiger partial charge in [-0.1, -0.05) is 17.7 Å². The van der Waals surface area contributed by atoms with E-state index in [0.29, 0.717) is 0 Å². The molecule has 2 aliphatic rings. The van der Waals surface area contributed by atoms with Crippen LogP contribution < -0.4 is 10.0 Å². The second-order valence-electron chi connectivity index (χ2n) is 5.36. The third kappa shape index (κ3) is 2.12. The summed E-state index contributed by atoms with van der Waals surface area (Å²) in [5.74, 6) is -1.41. The number of hydrogen-bond donors (Lipinski definition) is 1. The maximum Gasteiger partial charge on any atom is 0.311 e. The van der Waals surface area contributed by atoms with Gasteiger partial charge in [-0.25, -0.2) is 0 Å². The Morgan fingerprint density at radius 1 is 1.35 bits per heavy atom. The minimum absolute atomic E-state index is 0.0367. The number of fused-ring (bicyclic) bond motifs is 2. The molecule has 2 rings (SSSR count). The number of nitro groups is 2. The first-order valence-corrected chi connectivity index (χ1v) is 6.28. The molecule has 1 aliphatic carbocycles. The molecule has 0 spiro atoms. The molecule has 1 unspecified atom stereocenters. The summed E-state index contributed by atoms with van der Waals surface area (Å²) in [5.41, 5.74) is -3.33. The summed E-state index contributed by atoms with van der Waals surface area (Å²) in [6.45, 7) is -0.807. The first kappa shape index (κ1) is 14.7. The fourth-order valence-electron chi connectivity index (χ4n) is 3.14. The minimum atomic E-state index is -1.78. The van der Waals surface area contributed by atoms with E-state index in [-0.39, 0.29) is 35.9 Å². The molecule has 10 heteroatoms. The highest BCUT2D eigenvalue weighted by Crippen LogP contribution is 2.41. The van der Waals surface area contributed by atoms with E-state index in [1.807, 2.05) is 0 Å². The third-order valence-electron chi connectivity index (χ3n) is 3.98. The molecule has 0 radical (unpaired) electrons. The molecule has 0 aromatic heterocycles. The summed E-state index contributed by atoms with van der Waals surface area (Å²) in [5, 5.41) is 33.3. The quantitative estimate of drug-likeness (QED) is 0.454.